The van der Waals surface area contributed by atoms with Crippen LogP contribution in [0.5, 0.6) is 0 Å². The van der Waals surface area contributed by atoms with Crippen LogP contribution >= 0.6 is 15.9 Å². The number of fused-ring (bicyclic) bond motifs is 7. The van der Waals surface area contributed by atoms with Crippen LogP contribution in [0.1, 0.15) is 0 Å². The molecule has 6 aromatic carbocycles. The van der Waals surface area contributed by atoms with Crippen LogP contribution in [0.25, 0.3) is 71.3 Å². The quantitative estimate of drug-likeness (QED) is 0.214. The van der Waals surface area contributed by atoms with Crippen molar-refractivity contribution in [3.05, 3.63) is 126 Å². The first-order chi connectivity index (χ1) is 18.2. The molecule has 0 amide bonds. The number of halogens is 1. The van der Waals surface area contributed by atoms with Gasteiger partial charge in [0, 0.05) is 31.4 Å². The van der Waals surface area contributed by atoms with Crippen molar-refractivity contribution in [1.82, 2.24) is 4.57 Å². The number of nitrogens with zero attached hydrogens (tertiary/aromatic N) is 1. The summed E-state index contributed by atoms with van der Waals surface area (Å²) < 4.78 is 9.53. The van der Waals surface area contributed by atoms with E-state index in [1.165, 1.54) is 49.4 Å². The molecule has 2 nitrogen and oxygen atoms in total. The van der Waals surface area contributed by atoms with Gasteiger partial charge in [-0.25, -0.2) is 0 Å². The Labute approximate surface area is 221 Å². The third-order valence-corrected chi connectivity index (χ3v) is 7.94. The third-order valence-electron chi connectivity index (χ3n) is 7.45. The smallest absolute Gasteiger partial charge is 0.136 e. The van der Waals surface area contributed by atoms with E-state index in [9.17, 15) is 0 Å². The Hall–Kier alpha value is -4.34. The molecule has 0 aliphatic rings. The van der Waals surface area contributed by atoms with Crippen molar-refractivity contribution in [3.63, 3.8) is 0 Å². The molecule has 0 atom stereocenters. The largest absolute Gasteiger partial charge is 0.456 e. The average molecular weight is 538 g/mol. The van der Waals surface area contributed by atoms with Gasteiger partial charge in [-0.1, -0.05) is 82.7 Å². The van der Waals surface area contributed by atoms with E-state index < -0.39 is 0 Å². The zero-order chi connectivity index (χ0) is 24.5. The monoisotopic (exact) mass is 537 g/mol. The summed E-state index contributed by atoms with van der Waals surface area (Å²) in [4.78, 5) is 0. The molecule has 0 bridgehead atoms. The predicted molar refractivity (Wildman–Crippen MR) is 159 cm³/mol. The summed E-state index contributed by atoms with van der Waals surface area (Å²) in [7, 11) is 0. The van der Waals surface area contributed by atoms with E-state index in [1.54, 1.807) is 0 Å². The SMILES string of the molecule is Brc1ccc2c(c1)oc1ccc(-c3ccc4c(c3)c3ccccc3n4-c3cccc4ccccc34)cc12. The van der Waals surface area contributed by atoms with Crippen molar-refractivity contribution in [2.24, 2.45) is 0 Å². The number of aromatic nitrogens is 1. The predicted octanol–water partition coefficient (Wildman–Crippen LogP) is 10.3. The lowest BCUT2D eigenvalue weighted by molar-refractivity contribution is 0.668. The van der Waals surface area contributed by atoms with Gasteiger partial charge in [0.1, 0.15) is 11.2 Å². The van der Waals surface area contributed by atoms with E-state index in [4.69, 9.17) is 4.42 Å². The third kappa shape index (κ3) is 3.11. The highest BCUT2D eigenvalue weighted by atomic mass is 79.9. The van der Waals surface area contributed by atoms with E-state index >= 15 is 0 Å². The van der Waals surface area contributed by atoms with E-state index in [0.717, 1.165) is 26.4 Å². The Balaban J connectivity index is 1.38. The van der Waals surface area contributed by atoms with Gasteiger partial charge < -0.3 is 8.98 Å². The number of hydrogen-bond acceptors (Lipinski definition) is 1. The molecule has 0 radical (unpaired) electrons. The molecule has 2 heterocycles. The van der Waals surface area contributed by atoms with E-state index in [0.29, 0.717) is 0 Å². The van der Waals surface area contributed by atoms with E-state index in [1.807, 2.05) is 6.07 Å². The standard InChI is InChI=1S/C34H20BrNO/c35-24-14-15-27-29-19-23(13-17-33(29)37-34(27)20-24)22-12-16-32-28(18-22)26-9-3-4-10-31(26)36(32)30-11-5-7-21-6-1-2-8-25(21)30/h1-20H. The lowest BCUT2D eigenvalue weighted by Crippen LogP contribution is -1.95. The molecule has 174 valence electrons. The second-order valence-corrected chi connectivity index (χ2v) is 10.5. The molecule has 0 N–H and O–H groups in total. The van der Waals surface area contributed by atoms with Gasteiger partial charge in [0.15, 0.2) is 0 Å². The first kappa shape index (κ1) is 20.8. The van der Waals surface area contributed by atoms with Crippen molar-refractivity contribution >= 4 is 70.4 Å². The van der Waals surface area contributed by atoms with E-state index in [2.05, 4.69) is 136 Å². The molecule has 37 heavy (non-hydrogen) atoms. The van der Waals surface area contributed by atoms with Gasteiger partial charge in [0.2, 0.25) is 0 Å². The Kier molecular flexibility index (Phi) is 4.40. The Bertz CT molecular complexity index is 2160. The minimum atomic E-state index is 0.898. The number of para-hydroxylation sites is 1. The van der Waals surface area contributed by atoms with Gasteiger partial charge in [0.25, 0.3) is 0 Å². The maximum absolute atomic E-state index is 6.11. The Morgan fingerprint density at radius 3 is 2.14 bits per heavy atom. The highest BCUT2D eigenvalue weighted by Gasteiger charge is 2.15. The van der Waals surface area contributed by atoms with Gasteiger partial charge in [-0.15, -0.1) is 0 Å². The first-order valence-corrected chi connectivity index (χ1v) is 13.2. The maximum atomic E-state index is 6.11. The second kappa shape index (κ2) is 7.83. The summed E-state index contributed by atoms with van der Waals surface area (Å²) in [6.45, 7) is 0. The molecule has 8 aromatic rings. The minimum absolute atomic E-state index is 0.898. The molecule has 8 rings (SSSR count). The van der Waals surface area contributed by atoms with Crippen LogP contribution in [0.2, 0.25) is 0 Å². The molecule has 0 unspecified atom stereocenters. The molecule has 2 aromatic heterocycles. The first-order valence-electron chi connectivity index (χ1n) is 12.4. The molecule has 0 aliphatic heterocycles. The summed E-state index contributed by atoms with van der Waals surface area (Å²) in [6, 6.07) is 43.4. The highest BCUT2D eigenvalue weighted by Crippen LogP contribution is 2.38. The minimum Gasteiger partial charge on any atom is -0.456 e. The van der Waals surface area contributed by atoms with Crippen LogP contribution < -0.4 is 0 Å². The van der Waals surface area contributed by atoms with Crippen molar-refractivity contribution < 1.29 is 4.42 Å². The Morgan fingerprint density at radius 1 is 0.486 bits per heavy atom. The fourth-order valence-corrected chi connectivity index (χ4v) is 6.09. The number of benzene rings is 6. The topological polar surface area (TPSA) is 18.1 Å². The van der Waals surface area contributed by atoms with Crippen LogP contribution in [-0.2, 0) is 0 Å². The van der Waals surface area contributed by atoms with E-state index in [-0.39, 0.29) is 0 Å². The normalized spacial score (nSPS) is 11.9. The second-order valence-electron chi connectivity index (χ2n) is 9.54. The average Bonchev–Trinajstić information content (AvgIpc) is 3.47. The highest BCUT2D eigenvalue weighted by molar-refractivity contribution is 9.10. The van der Waals surface area contributed by atoms with Crippen LogP contribution in [0, 0.1) is 0 Å². The fraction of sp³-hybridized carbons (Fsp3) is 0. The van der Waals surface area contributed by atoms with Gasteiger partial charge in [0.05, 0.1) is 16.7 Å². The number of furan rings is 1. The van der Waals surface area contributed by atoms with Crippen LogP contribution in [-0.4, -0.2) is 4.57 Å². The molecule has 0 fully saturated rings. The summed E-state index contributed by atoms with van der Waals surface area (Å²) in [5, 5.41) is 7.27. The molecule has 0 saturated heterocycles. The van der Waals surface area contributed by atoms with Gasteiger partial charge in [-0.3, -0.25) is 0 Å². The van der Waals surface area contributed by atoms with Crippen molar-refractivity contribution in [2.45, 2.75) is 0 Å². The van der Waals surface area contributed by atoms with Crippen LogP contribution in [0.3, 0.4) is 0 Å². The zero-order valence-corrected chi connectivity index (χ0v) is 21.4. The maximum Gasteiger partial charge on any atom is 0.136 e. The molecule has 0 spiro atoms. The molecular formula is C34H20BrNO. The van der Waals surface area contributed by atoms with Crippen molar-refractivity contribution in [2.75, 3.05) is 0 Å². The Morgan fingerprint density at radius 2 is 1.22 bits per heavy atom. The number of hydrogen-bond donors (Lipinski definition) is 0. The van der Waals surface area contributed by atoms with Crippen LogP contribution in [0.15, 0.2) is 130 Å². The molecule has 3 heteroatoms. The lowest BCUT2D eigenvalue weighted by atomic mass is 10.0. The fourth-order valence-electron chi connectivity index (χ4n) is 5.75. The summed E-state index contributed by atoms with van der Waals surface area (Å²) in [6.07, 6.45) is 0. The van der Waals surface area contributed by atoms with Gasteiger partial charge >= 0.3 is 0 Å². The van der Waals surface area contributed by atoms with Gasteiger partial charge in [-0.2, -0.15) is 0 Å². The van der Waals surface area contributed by atoms with Crippen molar-refractivity contribution in [3.8, 4) is 16.8 Å². The summed E-state index contributed by atoms with van der Waals surface area (Å²) >= 11 is 3.55. The van der Waals surface area contributed by atoms with Gasteiger partial charge in [-0.05, 0) is 71.1 Å². The molecule has 0 aliphatic carbocycles. The zero-order valence-electron chi connectivity index (χ0n) is 19.8. The molecular weight excluding hydrogens is 518 g/mol. The molecule has 0 saturated carbocycles. The number of rotatable bonds is 2. The summed E-state index contributed by atoms with van der Waals surface area (Å²) in [5.41, 5.74) is 7.81. The van der Waals surface area contributed by atoms with Crippen molar-refractivity contribution in [1.29, 1.82) is 0 Å². The summed E-state index contributed by atoms with van der Waals surface area (Å²) in [5.74, 6) is 0. The lowest BCUT2D eigenvalue weighted by Gasteiger charge is -2.11. The van der Waals surface area contributed by atoms with Crippen LogP contribution in [0.4, 0.5) is 0 Å².